The minimum absolute atomic E-state index is 0.181. The molecule has 0 radical (unpaired) electrons. The Hall–Kier alpha value is -2.22. The van der Waals surface area contributed by atoms with Gasteiger partial charge in [0.15, 0.2) is 0 Å². The van der Waals surface area contributed by atoms with E-state index in [1.165, 1.54) is 6.07 Å². The molecule has 1 fully saturated rings. The van der Waals surface area contributed by atoms with E-state index in [0.29, 0.717) is 38.4 Å². The number of nitrogens with zero attached hydrogens (tertiary/aromatic N) is 1. The Kier molecular flexibility index (Phi) is 8.01. The number of hydrogen-bond donors (Lipinski definition) is 1. The number of carbonyl (C=O) groups is 1. The van der Waals surface area contributed by atoms with Crippen LogP contribution in [0.4, 0.5) is 0 Å². The summed E-state index contributed by atoms with van der Waals surface area (Å²) in [6.45, 7) is 4.11. The monoisotopic (exact) mass is 430 g/mol. The lowest BCUT2D eigenvalue weighted by molar-refractivity contribution is 0.0900. The zero-order valence-corrected chi connectivity index (χ0v) is 18.3. The third-order valence-electron chi connectivity index (χ3n) is 5.30. The molecule has 0 bridgehead atoms. The van der Waals surface area contributed by atoms with Gasteiger partial charge in [-0.3, -0.25) is 4.79 Å². The van der Waals surface area contributed by atoms with Crippen LogP contribution in [-0.2, 0) is 21.4 Å². The van der Waals surface area contributed by atoms with Gasteiger partial charge >= 0.3 is 0 Å². The maximum atomic E-state index is 13.0. The molecular formula is C23H30N2O4S. The summed E-state index contributed by atoms with van der Waals surface area (Å²) in [6.07, 6.45) is 3.86. The van der Waals surface area contributed by atoms with E-state index in [9.17, 15) is 13.2 Å². The predicted octanol–water partition coefficient (Wildman–Crippen LogP) is 3.51. The number of benzene rings is 2. The average Bonchev–Trinajstić information content (AvgIpc) is 3.04. The summed E-state index contributed by atoms with van der Waals surface area (Å²) < 4.78 is 33.2. The summed E-state index contributed by atoms with van der Waals surface area (Å²) in [6, 6.07) is 14.6. The molecule has 0 unspecified atom stereocenters. The van der Waals surface area contributed by atoms with Gasteiger partial charge in [0.05, 0.1) is 18.1 Å². The molecule has 1 N–H and O–H groups in total. The quantitative estimate of drug-likeness (QED) is 0.651. The molecule has 2 aromatic carbocycles. The van der Waals surface area contributed by atoms with E-state index >= 15 is 0 Å². The first-order chi connectivity index (χ1) is 14.5. The fourth-order valence-corrected chi connectivity index (χ4v) is 5.08. The number of rotatable bonds is 8. The van der Waals surface area contributed by atoms with Gasteiger partial charge < -0.3 is 10.1 Å². The number of nitrogens with one attached hydrogen (secondary N) is 1. The Balaban J connectivity index is 1.59. The minimum Gasteiger partial charge on any atom is -0.375 e. The van der Waals surface area contributed by atoms with Crippen molar-refractivity contribution in [2.45, 2.75) is 44.1 Å². The smallest absolute Gasteiger partial charge is 0.251 e. The van der Waals surface area contributed by atoms with Crippen LogP contribution in [0.3, 0.4) is 0 Å². The topological polar surface area (TPSA) is 75.7 Å². The molecule has 1 saturated heterocycles. The highest BCUT2D eigenvalue weighted by Gasteiger charge is 2.26. The second-order valence-electron chi connectivity index (χ2n) is 7.59. The summed E-state index contributed by atoms with van der Waals surface area (Å²) in [4.78, 5) is 12.8. The van der Waals surface area contributed by atoms with Crippen LogP contribution < -0.4 is 5.32 Å². The Morgan fingerprint density at radius 1 is 1.03 bits per heavy atom. The lowest BCUT2D eigenvalue weighted by Crippen LogP contribution is -2.32. The second kappa shape index (κ2) is 10.7. The van der Waals surface area contributed by atoms with Crippen molar-refractivity contribution in [3.63, 3.8) is 0 Å². The van der Waals surface area contributed by atoms with E-state index in [2.05, 4.69) is 5.32 Å². The molecular weight excluding hydrogens is 400 g/mol. The molecule has 0 aromatic heterocycles. The molecule has 1 aliphatic heterocycles. The molecule has 6 nitrogen and oxygen atoms in total. The maximum Gasteiger partial charge on any atom is 0.251 e. The van der Waals surface area contributed by atoms with Crippen LogP contribution in [0.1, 0.15) is 47.2 Å². The molecule has 0 aliphatic carbocycles. The van der Waals surface area contributed by atoms with Gasteiger partial charge in [-0.15, -0.1) is 0 Å². The summed E-state index contributed by atoms with van der Waals surface area (Å²) >= 11 is 0. The van der Waals surface area contributed by atoms with E-state index in [1.807, 2.05) is 37.3 Å². The van der Waals surface area contributed by atoms with Crippen LogP contribution in [0.25, 0.3) is 0 Å². The van der Waals surface area contributed by atoms with E-state index in [4.69, 9.17) is 4.74 Å². The third-order valence-corrected chi connectivity index (χ3v) is 7.19. The Labute approximate surface area is 179 Å². The van der Waals surface area contributed by atoms with Crippen molar-refractivity contribution in [3.8, 4) is 0 Å². The van der Waals surface area contributed by atoms with Crippen molar-refractivity contribution >= 4 is 15.9 Å². The largest absolute Gasteiger partial charge is 0.375 e. The molecule has 0 spiro atoms. The van der Waals surface area contributed by atoms with E-state index in [-0.39, 0.29) is 10.8 Å². The normalized spacial score (nSPS) is 15.5. The van der Waals surface area contributed by atoms with E-state index in [1.54, 1.807) is 16.4 Å². The number of sulfonamides is 1. The highest BCUT2D eigenvalue weighted by molar-refractivity contribution is 7.89. The van der Waals surface area contributed by atoms with Gasteiger partial charge in [0.2, 0.25) is 10.0 Å². The Morgan fingerprint density at radius 2 is 1.73 bits per heavy atom. The number of carbonyl (C=O) groups excluding carboxylic acids is 1. The van der Waals surface area contributed by atoms with Gasteiger partial charge in [0.25, 0.3) is 5.91 Å². The van der Waals surface area contributed by atoms with Crippen molar-refractivity contribution in [2.75, 3.05) is 26.2 Å². The van der Waals surface area contributed by atoms with Gasteiger partial charge in [-0.1, -0.05) is 49.2 Å². The summed E-state index contributed by atoms with van der Waals surface area (Å²) in [7, 11) is -3.59. The summed E-state index contributed by atoms with van der Waals surface area (Å²) in [5.74, 6) is -0.288. The summed E-state index contributed by atoms with van der Waals surface area (Å²) in [5.41, 5.74) is 2.20. The fraction of sp³-hybridized carbons (Fsp3) is 0.435. The van der Waals surface area contributed by atoms with Crippen LogP contribution in [0.15, 0.2) is 53.4 Å². The van der Waals surface area contributed by atoms with Gasteiger partial charge in [0.1, 0.15) is 0 Å². The molecule has 30 heavy (non-hydrogen) atoms. The fourth-order valence-electron chi connectivity index (χ4n) is 3.53. The van der Waals surface area contributed by atoms with Crippen LogP contribution in [0.2, 0.25) is 0 Å². The van der Waals surface area contributed by atoms with Crippen molar-refractivity contribution in [3.05, 3.63) is 65.2 Å². The maximum absolute atomic E-state index is 13.0. The van der Waals surface area contributed by atoms with Crippen LogP contribution in [-0.4, -0.2) is 44.9 Å². The third kappa shape index (κ3) is 5.90. The van der Waals surface area contributed by atoms with Crippen LogP contribution in [0, 0.1) is 6.92 Å². The van der Waals surface area contributed by atoms with Crippen LogP contribution in [0.5, 0.6) is 0 Å². The lowest BCUT2D eigenvalue weighted by atomic mass is 10.1. The molecule has 1 aliphatic rings. The molecule has 2 aromatic rings. The van der Waals surface area contributed by atoms with Crippen LogP contribution >= 0.6 is 0 Å². The zero-order chi connectivity index (χ0) is 21.4. The average molecular weight is 431 g/mol. The second-order valence-corrected chi connectivity index (χ2v) is 9.53. The highest BCUT2D eigenvalue weighted by Crippen LogP contribution is 2.22. The molecule has 1 heterocycles. The van der Waals surface area contributed by atoms with Gasteiger partial charge in [-0.25, -0.2) is 8.42 Å². The highest BCUT2D eigenvalue weighted by atomic mass is 32.2. The van der Waals surface area contributed by atoms with Gasteiger partial charge in [-0.05, 0) is 43.0 Å². The number of aryl methyl sites for hydroxylation is 1. The summed E-state index contributed by atoms with van der Waals surface area (Å²) in [5, 5.41) is 2.82. The molecule has 0 saturated carbocycles. The lowest BCUT2D eigenvalue weighted by Gasteiger charge is -2.20. The number of amides is 1. The van der Waals surface area contributed by atoms with Crippen molar-refractivity contribution in [1.29, 1.82) is 0 Å². The molecule has 7 heteroatoms. The SMILES string of the molecule is Cc1ccc(S(=O)(=O)N2CCCCCC2)cc1C(=O)NCCOCc1ccccc1. The molecule has 3 rings (SSSR count). The minimum atomic E-state index is -3.59. The first kappa shape index (κ1) is 22.5. The van der Waals surface area contributed by atoms with E-state index in [0.717, 1.165) is 36.8 Å². The van der Waals surface area contributed by atoms with E-state index < -0.39 is 10.0 Å². The standard InChI is InChI=1S/C23H30N2O4S/c1-19-11-12-21(30(27,28)25-14-7-2-3-8-15-25)17-22(19)23(26)24-13-16-29-18-20-9-5-4-6-10-20/h4-6,9-12,17H,2-3,7-8,13-16,18H2,1H3,(H,24,26). The number of ether oxygens (including phenoxy) is 1. The predicted molar refractivity (Wildman–Crippen MR) is 117 cm³/mol. The first-order valence-electron chi connectivity index (χ1n) is 10.5. The van der Waals surface area contributed by atoms with Gasteiger partial charge in [-0.2, -0.15) is 4.31 Å². The first-order valence-corrected chi connectivity index (χ1v) is 11.9. The molecule has 162 valence electrons. The van der Waals surface area contributed by atoms with Crippen molar-refractivity contribution < 1.29 is 17.9 Å². The van der Waals surface area contributed by atoms with Gasteiger partial charge in [0, 0.05) is 25.2 Å². The zero-order valence-electron chi connectivity index (χ0n) is 17.5. The Morgan fingerprint density at radius 3 is 2.43 bits per heavy atom. The molecule has 1 amide bonds. The van der Waals surface area contributed by atoms with Crippen molar-refractivity contribution in [1.82, 2.24) is 9.62 Å². The molecule has 0 atom stereocenters. The number of hydrogen-bond acceptors (Lipinski definition) is 4. The Bertz CT molecular complexity index is 937. The van der Waals surface area contributed by atoms with Crippen molar-refractivity contribution in [2.24, 2.45) is 0 Å².